The molecule has 6 nitrogen and oxygen atoms in total. The number of halogens is 1. The number of fused-ring (bicyclic) bond motifs is 1. The van der Waals surface area contributed by atoms with Crippen molar-refractivity contribution in [3.05, 3.63) is 95.0 Å². The van der Waals surface area contributed by atoms with E-state index >= 15 is 0 Å². The first-order valence-corrected chi connectivity index (χ1v) is 10.9. The number of aromatic amines is 1. The summed E-state index contributed by atoms with van der Waals surface area (Å²) in [5.74, 6) is -0.630. The Morgan fingerprint density at radius 3 is 2.38 bits per heavy atom. The number of carbonyl (C=O) groups is 1. The molecule has 34 heavy (non-hydrogen) atoms. The molecular formula is C27H20ClN3O3. The number of ether oxygens (including phenoxy) is 1. The second-order valence-corrected chi connectivity index (χ2v) is 8.35. The summed E-state index contributed by atoms with van der Waals surface area (Å²) >= 11 is 6.59. The van der Waals surface area contributed by atoms with Gasteiger partial charge in [0, 0.05) is 16.8 Å². The molecule has 0 fully saturated rings. The molecular weight excluding hydrogens is 450 g/mol. The second kappa shape index (κ2) is 8.57. The van der Waals surface area contributed by atoms with E-state index in [4.69, 9.17) is 22.1 Å². The predicted molar refractivity (Wildman–Crippen MR) is 135 cm³/mol. The summed E-state index contributed by atoms with van der Waals surface area (Å²) in [6, 6.07) is 24.6. The van der Waals surface area contributed by atoms with E-state index < -0.39 is 5.97 Å². The van der Waals surface area contributed by atoms with Crippen LogP contribution in [-0.4, -0.2) is 21.0 Å². The van der Waals surface area contributed by atoms with Crippen molar-refractivity contribution in [3.63, 3.8) is 0 Å². The van der Waals surface area contributed by atoms with Gasteiger partial charge < -0.3 is 20.6 Å². The molecule has 5 rings (SSSR count). The van der Waals surface area contributed by atoms with Crippen LogP contribution in [0.5, 0.6) is 11.8 Å². The van der Waals surface area contributed by atoms with Crippen LogP contribution in [0.25, 0.3) is 33.3 Å². The van der Waals surface area contributed by atoms with E-state index in [2.05, 4.69) is 9.97 Å². The van der Waals surface area contributed by atoms with Crippen molar-refractivity contribution >= 4 is 34.3 Å². The van der Waals surface area contributed by atoms with Crippen LogP contribution in [0.2, 0.25) is 5.02 Å². The fraction of sp³-hybridized carbons (Fsp3) is 0.0370. The summed E-state index contributed by atoms with van der Waals surface area (Å²) in [5, 5.41) is 9.90. The lowest BCUT2D eigenvalue weighted by atomic mass is 9.99. The van der Waals surface area contributed by atoms with Crippen molar-refractivity contribution in [2.24, 2.45) is 0 Å². The number of anilines is 1. The number of benzene rings is 4. The molecule has 0 saturated carbocycles. The summed E-state index contributed by atoms with van der Waals surface area (Å²) in [4.78, 5) is 19.0. The quantitative estimate of drug-likeness (QED) is 0.242. The topological polar surface area (TPSA) is 101 Å². The van der Waals surface area contributed by atoms with E-state index in [0.29, 0.717) is 27.4 Å². The lowest BCUT2D eigenvalue weighted by molar-refractivity contribution is 0.0695. The standard InChI is InChI=1S/C27H20ClN3O3/c1-15-6-11-18(12-20(15)26(32)33)34-27-30-24-13-21(22(28)14-25(24)31-27)17-9-7-16(8-10-17)19-4-2-3-5-23(19)29/h2-14H,29H2,1H3,(H,30,31)(H,32,33). The highest BCUT2D eigenvalue weighted by Gasteiger charge is 2.13. The molecule has 0 radical (unpaired) electrons. The fourth-order valence-corrected chi connectivity index (χ4v) is 4.15. The van der Waals surface area contributed by atoms with Crippen molar-refractivity contribution in [2.45, 2.75) is 6.92 Å². The number of hydrogen-bond acceptors (Lipinski definition) is 4. The molecule has 0 aliphatic rings. The molecule has 0 atom stereocenters. The minimum atomic E-state index is -1.01. The monoisotopic (exact) mass is 469 g/mol. The molecule has 1 aromatic heterocycles. The van der Waals surface area contributed by atoms with Crippen LogP contribution < -0.4 is 10.5 Å². The Morgan fingerprint density at radius 1 is 0.971 bits per heavy atom. The number of nitrogen functional groups attached to an aromatic ring is 1. The lowest BCUT2D eigenvalue weighted by Crippen LogP contribution is -2.00. The minimum absolute atomic E-state index is 0.180. The van der Waals surface area contributed by atoms with Crippen LogP contribution in [0.1, 0.15) is 15.9 Å². The summed E-state index contributed by atoms with van der Waals surface area (Å²) in [6.45, 7) is 1.74. The molecule has 4 N–H and O–H groups in total. The maximum atomic E-state index is 11.4. The molecule has 0 bridgehead atoms. The first-order chi connectivity index (χ1) is 16.4. The van der Waals surface area contributed by atoms with Gasteiger partial charge in [-0.2, -0.15) is 4.98 Å². The summed E-state index contributed by atoms with van der Waals surface area (Å²) < 4.78 is 5.79. The zero-order valence-electron chi connectivity index (χ0n) is 18.2. The molecule has 0 aliphatic heterocycles. The Labute approximate surface area is 200 Å². The maximum Gasteiger partial charge on any atom is 0.336 e. The zero-order chi connectivity index (χ0) is 23.8. The van der Waals surface area contributed by atoms with E-state index in [1.807, 2.05) is 54.6 Å². The second-order valence-electron chi connectivity index (χ2n) is 7.94. The number of para-hydroxylation sites is 1. The van der Waals surface area contributed by atoms with Gasteiger partial charge in [0.1, 0.15) is 5.75 Å². The smallest absolute Gasteiger partial charge is 0.336 e. The van der Waals surface area contributed by atoms with Gasteiger partial charge in [0.2, 0.25) is 0 Å². The van der Waals surface area contributed by atoms with E-state index in [0.717, 1.165) is 27.9 Å². The van der Waals surface area contributed by atoms with Crippen molar-refractivity contribution in [3.8, 4) is 34.0 Å². The van der Waals surface area contributed by atoms with Gasteiger partial charge >= 0.3 is 5.97 Å². The Morgan fingerprint density at radius 2 is 1.68 bits per heavy atom. The Balaban J connectivity index is 1.45. The first kappa shape index (κ1) is 21.6. The molecule has 1 heterocycles. The Hall–Kier alpha value is -4.29. The average molecular weight is 470 g/mol. The van der Waals surface area contributed by atoms with Crippen molar-refractivity contribution in [1.82, 2.24) is 9.97 Å². The van der Waals surface area contributed by atoms with Gasteiger partial charge in [0.25, 0.3) is 6.01 Å². The van der Waals surface area contributed by atoms with Crippen LogP contribution in [0.3, 0.4) is 0 Å². The van der Waals surface area contributed by atoms with Gasteiger partial charge in [-0.1, -0.05) is 60.1 Å². The Bertz CT molecular complexity index is 1540. The summed E-state index contributed by atoms with van der Waals surface area (Å²) in [5.41, 5.74) is 12.8. The molecule has 0 amide bonds. The van der Waals surface area contributed by atoms with Gasteiger partial charge in [0.15, 0.2) is 0 Å². The number of nitrogens with two attached hydrogens (primary N) is 1. The number of carboxylic acids is 1. The maximum absolute atomic E-state index is 11.4. The number of aryl methyl sites for hydroxylation is 1. The van der Waals surface area contributed by atoms with Crippen molar-refractivity contribution in [2.75, 3.05) is 5.73 Å². The van der Waals surface area contributed by atoms with E-state index in [1.54, 1.807) is 25.1 Å². The van der Waals surface area contributed by atoms with E-state index in [1.165, 1.54) is 6.07 Å². The molecule has 168 valence electrons. The van der Waals surface area contributed by atoms with Crippen LogP contribution in [0.4, 0.5) is 5.69 Å². The van der Waals surface area contributed by atoms with Gasteiger partial charge in [-0.3, -0.25) is 0 Å². The number of carboxylic acid groups (broad SMARTS) is 1. The average Bonchev–Trinajstić information content (AvgIpc) is 3.21. The summed E-state index contributed by atoms with van der Waals surface area (Å²) in [6.07, 6.45) is 0. The highest BCUT2D eigenvalue weighted by atomic mass is 35.5. The van der Waals surface area contributed by atoms with Crippen molar-refractivity contribution in [1.29, 1.82) is 0 Å². The zero-order valence-corrected chi connectivity index (χ0v) is 18.9. The fourth-order valence-electron chi connectivity index (χ4n) is 3.87. The normalized spacial score (nSPS) is 11.0. The summed E-state index contributed by atoms with van der Waals surface area (Å²) in [7, 11) is 0. The molecule has 0 spiro atoms. The third-order valence-corrected chi connectivity index (χ3v) is 5.98. The molecule has 0 saturated heterocycles. The van der Waals surface area contributed by atoms with Gasteiger partial charge in [-0.05, 0) is 53.9 Å². The van der Waals surface area contributed by atoms with E-state index in [9.17, 15) is 9.90 Å². The van der Waals surface area contributed by atoms with Gasteiger partial charge in [-0.15, -0.1) is 0 Å². The van der Waals surface area contributed by atoms with Gasteiger partial charge in [-0.25, -0.2) is 4.79 Å². The molecule has 5 aromatic rings. The largest absolute Gasteiger partial charge is 0.478 e. The van der Waals surface area contributed by atoms with Crippen LogP contribution in [0, 0.1) is 6.92 Å². The van der Waals surface area contributed by atoms with Crippen LogP contribution >= 0.6 is 11.6 Å². The number of aromatic nitrogens is 2. The Kier molecular flexibility index (Phi) is 5.43. The van der Waals surface area contributed by atoms with Gasteiger partial charge in [0.05, 0.1) is 21.6 Å². The number of nitrogens with zero attached hydrogens (tertiary/aromatic N) is 1. The van der Waals surface area contributed by atoms with Crippen LogP contribution in [-0.2, 0) is 0 Å². The molecule has 4 aromatic carbocycles. The number of nitrogens with one attached hydrogen (secondary N) is 1. The minimum Gasteiger partial charge on any atom is -0.478 e. The molecule has 7 heteroatoms. The lowest BCUT2D eigenvalue weighted by Gasteiger charge is -2.08. The predicted octanol–water partition coefficient (Wildman–Crippen LogP) is 6.93. The number of aromatic carboxylic acids is 1. The third kappa shape index (κ3) is 4.07. The molecule has 0 aliphatic carbocycles. The van der Waals surface area contributed by atoms with Crippen molar-refractivity contribution < 1.29 is 14.6 Å². The number of rotatable bonds is 5. The number of imidazole rings is 1. The highest BCUT2D eigenvalue weighted by molar-refractivity contribution is 6.34. The number of hydrogen-bond donors (Lipinski definition) is 3. The third-order valence-electron chi connectivity index (χ3n) is 5.67. The molecule has 0 unspecified atom stereocenters. The van der Waals surface area contributed by atoms with Crippen LogP contribution in [0.15, 0.2) is 78.9 Å². The number of H-pyrrole nitrogens is 1. The SMILES string of the molecule is Cc1ccc(Oc2nc3cc(-c4ccc(-c5ccccc5N)cc4)c(Cl)cc3[nH]2)cc1C(=O)O. The first-order valence-electron chi connectivity index (χ1n) is 10.6. The van der Waals surface area contributed by atoms with E-state index in [-0.39, 0.29) is 11.6 Å². The highest BCUT2D eigenvalue weighted by Crippen LogP contribution is 2.35.